The van der Waals surface area contributed by atoms with Gasteiger partial charge in [0.25, 0.3) is 0 Å². The molecule has 0 saturated carbocycles. The van der Waals surface area contributed by atoms with E-state index >= 15 is 0 Å². The molecule has 0 bridgehead atoms. The van der Waals surface area contributed by atoms with Gasteiger partial charge in [0.2, 0.25) is 0 Å². The van der Waals surface area contributed by atoms with Crippen LogP contribution in [0.2, 0.25) is 0 Å². The van der Waals surface area contributed by atoms with Gasteiger partial charge in [0.05, 0.1) is 18.0 Å². The number of anilines is 2. The number of unbranched alkanes of at least 4 members (excludes halogenated alkanes) is 1. The molecule has 0 aromatic carbocycles. The van der Waals surface area contributed by atoms with Crippen molar-refractivity contribution in [3.8, 4) is 6.07 Å². The second kappa shape index (κ2) is 6.22. The van der Waals surface area contributed by atoms with Crippen LogP contribution in [0.4, 0.5) is 11.5 Å². The van der Waals surface area contributed by atoms with Crippen LogP contribution in [0.25, 0.3) is 0 Å². The molecule has 1 fully saturated rings. The summed E-state index contributed by atoms with van der Waals surface area (Å²) >= 11 is 0. The minimum Gasteiger partial charge on any atom is -0.397 e. The monoisotopic (exact) mass is 245 g/mol. The number of hydrogen-bond acceptors (Lipinski definition) is 5. The first-order valence-corrected chi connectivity index (χ1v) is 6.35. The van der Waals surface area contributed by atoms with Gasteiger partial charge in [-0.05, 0) is 25.1 Å². The van der Waals surface area contributed by atoms with E-state index in [4.69, 9.17) is 11.0 Å². The van der Waals surface area contributed by atoms with Crippen LogP contribution in [0.15, 0.2) is 18.3 Å². The van der Waals surface area contributed by atoms with Crippen molar-refractivity contribution in [1.82, 2.24) is 9.88 Å². The topological polar surface area (TPSA) is 69.2 Å². The summed E-state index contributed by atoms with van der Waals surface area (Å²) in [6.07, 6.45) is 3.32. The zero-order chi connectivity index (χ0) is 12.8. The largest absolute Gasteiger partial charge is 0.397 e. The molecule has 1 saturated heterocycles. The molecule has 2 heterocycles. The predicted molar refractivity (Wildman–Crippen MR) is 72.1 cm³/mol. The van der Waals surface area contributed by atoms with Crippen molar-refractivity contribution < 1.29 is 0 Å². The van der Waals surface area contributed by atoms with Crippen molar-refractivity contribution >= 4 is 11.5 Å². The third kappa shape index (κ3) is 3.34. The highest BCUT2D eigenvalue weighted by molar-refractivity contribution is 5.46. The van der Waals surface area contributed by atoms with E-state index in [1.54, 1.807) is 6.20 Å². The summed E-state index contributed by atoms with van der Waals surface area (Å²) in [6.45, 7) is 5.08. The van der Waals surface area contributed by atoms with E-state index in [1.165, 1.54) is 0 Å². The Hall–Kier alpha value is -1.80. The molecule has 0 radical (unpaired) electrons. The van der Waals surface area contributed by atoms with Gasteiger partial charge in [0, 0.05) is 32.6 Å². The normalized spacial score (nSPS) is 16.5. The van der Waals surface area contributed by atoms with Gasteiger partial charge in [-0.15, -0.1) is 0 Å². The van der Waals surface area contributed by atoms with Gasteiger partial charge in [-0.1, -0.05) is 0 Å². The summed E-state index contributed by atoms with van der Waals surface area (Å²) in [5, 5.41) is 8.51. The van der Waals surface area contributed by atoms with E-state index in [0.29, 0.717) is 12.1 Å². The molecule has 1 aliphatic heterocycles. The zero-order valence-corrected chi connectivity index (χ0v) is 10.5. The highest BCUT2D eigenvalue weighted by atomic mass is 15.3. The van der Waals surface area contributed by atoms with Crippen LogP contribution in [0.3, 0.4) is 0 Å². The maximum atomic E-state index is 8.51. The molecular weight excluding hydrogens is 226 g/mol. The summed E-state index contributed by atoms with van der Waals surface area (Å²) in [6, 6.07) is 6.05. The summed E-state index contributed by atoms with van der Waals surface area (Å²) in [4.78, 5) is 9.03. The molecule has 96 valence electrons. The summed E-state index contributed by atoms with van der Waals surface area (Å²) < 4.78 is 0. The van der Waals surface area contributed by atoms with Crippen LogP contribution < -0.4 is 10.6 Å². The Morgan fingerprint density at radius 1 is 1.28 bits per heavy atom. The molecule has 0 unspecified atom stereocenters. The fraction of sp³-hybridized carbons (Fsp3) is 0.538. The maximum Gasteiger partial charge on any atom is 0.128 e. The SMILES string of the molecule is N#CCCCN1CCN(c2ccc(N)cn2)CC1. The van der Waals surface area contributed by atoms with Gasteiger partial charge < -0.3 is 10.6 Å². The van der Waals surface area contributed by atoms with Crippen molar-refractivity contribution in [1.29, 1.82) is 5.26 Å². The number of rotatable bonds is 4. The van der Waals surface area contributed by atoms with Crippen LogP contribution in [-0.2, 0) is 0 Å². The Balaban J connectivity index is 1.79. The molecule has 2 N–H and O–H groups in total. The number of aromatic nitrogens is 1. The number of pyridine rings is 1. The quantitative estimate of drug-likeness (QED) is 0.804. The lowest BCUT2D eigenvalue weighted by molar-refractivity contribution is 0.255. The average Bonchev–Trinajstić information content (AvgIpc) is 2.41. The molecule has 1 aliphatic rings. The van der Waals surface area contributed by atoms with E-state index in [1.807, 2.05) is 12.1 Å². The average molecular weight is 245 g/mol. The van der Waals surface area contributed by atoms with Crippen LogP contribution in [0.1, 0.15) is 12.8 Å². The lowest BCUT2D eigenvalue weighted by atomic mass is 10.2. The summed E-state index contributed by atoms with van der Waals surface area (Å²) in [7, 11) is 0. The molecule has 5 nitrogen and oxygen atoms in total. The third-order valence-corrected chi connectivity index (χ3v) is 3.23. The highest BCUT2D eigenvalue weighted by Crippen LogP contribution is 2.14. The van der Waals surface area contributed by atoms with Gasteiger partial charge >= 0.3 is 0 Å². The highest BCUT2D eigenvalue weighted by Gasteiger charge is 2.17. The van der Waals surface area contributed by atoms with Crippen LogP contribution >= 0.6 is 0 Å². The van der Waals surface area contributed by atoms with Crippen LogP contribution in [0.5, 0.6) is 0 Å². The first kappa shape index (κ1) is 12.7. The van der Waals surface area contributed by atoms with E-state index in [9.17, 15) is 0 Å². The molecule has 0 spiro atoms. The number of nitriles is 1. The molecule has 1 aromatic heterocycles. The van der Waals surface area contributed by atoms with Gasteiger partial charge in [0.15, 0.2) is 0 Å². The first-order chi connectivity index (χ1) is 8.79. The van der Waals surface area contributed by atoms with Crippen molar-refractivity contribution in [2.24, 2.45) is 0 Å². The van der Waals surface area contributed by atoms with Gasteiger partial charge in [-0.2, -0.15) is 5.26 Å². The fourth-order valence-corrected chi connectivity index (χ4v) is 2.17. The number of piperazine rings is 1. The van der Waals surface area contributed by atoms with Crippen molar-refractivity contribution in [2.75, 3.05) is 43.4 Å². The molecule has 0 aliphatic carbocycles. The van der Waals surface area contributed by atoms with Crippen LogP contribution in [-0.4, -0.2) is 42.6 Å². The molecule has 0 amide bonds. The molecule has 0 atom stereocenters. The number of nitrogens with zero attached hydrogens (tertiary/aromatic N) is 4. The molecule has 18 heavy (non-hydrogen) atoms. The molecule has 2 rings (SSSR count). The molecule has 1 aromatic rings. The van der Waals surface area contributed by atoms with E-state index in [2.05, 4.69) is 20.9 Å². The van der Waals surface area contributed by atoms with Crippen molar-refractivity contribution in [3.63, 3.8) is 0 Å². The van der Waals surface area contributed by atoms with Crippen molar-refractivity contribution in [3.05, 3.63) is 18.3 Å². The lowest BCUT2D eigenvalue weighted by Crippen LogP contribution is -2.46. The van der Waals surface area contributed by atoms with Crippen molar-refractivity contribution in [2.45, 2.75) is 12.8 Å². The number of hydrogen-bond donors (Lipinski definition) is 1. The lowest BCUT2D eigenvalue weighted by Gasteiger charge is -2.35. The Labute approximate surface area is 108 Å². The van der Waals surface area contributed by atoms with E-state index < -0.39 is 0 Å². The Kier molecular flexibility index (Phi) is 4.37. The van der Waals surface area contributed by atoms with Gasteiger partial charge in [0.1, 0.15) is 5.82 Å². The van der Waals surface area contributed by atoms with Crippen LogP contribution in [0, 0.1) is 11.3 Å². The fourth-order valence-electron chi connectivity index (χ4n) is 2.17. The Bertz CT molecular complexity index is 400. The number of nitrogen functional groups attached to an aromatic ring is 1. The predicted octanol–water partition coefficient (Wildman–Crippen LogP) is 1.09. The van der Waals surface area contributed by atoms with Gasteiger partial charge in [-0.25, -0.2) is 4.98 Å². The standard InChI is InChI=1S/C13H19N5/c14-5-1-2-6-17-7-9-18(10-8-17)13-4-3-12(15)11-16-13/h3-4,11H,1-2,6-10,15H2. The Morgan fingerprint density at radius 2 is 2.06 bits per heavy atom. The minimum absolute atomic E-state index is 0.653. The molecular formula is C13H19N5. The zero-order valence-electron chi connectivity index (χ0n) is 10.5. The maximum absolute atomic E-state index is 8.51. The van der Waals surface area contributed by atoms with E-state index in [0.717, 1.165) is 45.0 Å². The summed E-state index contributed by atoms with van der Waals surface area (Å²) in [5.41, 5.74) is 6.33. The second-order valence-electron chi connectivity index (χ2n) is 4.54. The third-order valence-electron chi connectivity index (χ3n) is 3.23. The minimum atomic E-state index is 0.653. The smallest absolute Gasteiger partial charge is 0.128 e. The second-order valence-corrected chi connectivity index (χ2v) is 4.54. The number of nitrogens with two attached hydrogens (primary N) is 1. The Morgan fingerprint density at radius 3 is 2.67 bits per heavy atom. The molecule has 5 heteroatoms. The first-order valence-electron chi connectivity index (χ1n) is 6.35. The summed E-state index contributed by atoms with van der Waals surface area (Å²) in [5.74, 6) is 1.00. The van der Waals surface area contributed by atoms with Gasteiger partial charge in [-0.3, -0.25) is 4.90 Å². The van der Waals surface area contributed by atoms with E-state index in [-0.39, 0.29) is 0 Å².